The number of carboxylic acid groups (broad SMARTS) is 1. The summed E-state index contributed by atoms with van der Waals surface area (Å²) in [6.07, 6.45) is -0.177. The van der Waals surface area contributed by atoms with Crippen LogP contribution in [0, 0.1) is 11.3 Å². The average molecular weight is 196 g/mol. The molecule has 0 aromatic heterocycles. The third-order valence-corrected chi connectivity index (χ3v) is 1.76. The minimum atomic E-state index is -0.973. The Morgan fingerprint density at radius 2 is 2.31 bits per heavy atom. The van der Waals surface area contributed by atoms with Crippen molar-refractivity contribution in [2.75, 3.05) is 0 Å². The van der Waals surface area contributed by atoms with Crippen molar-refractivity contribution in [3.63, 3.8) is 0 Å². The first-order valence-electron chi connectivity index (χ1n) is 3.54. The van der Waals surface area contributed by atoms with Gasteiger partial charge in [-0.25, -0.2) is 0 Å². The molecule has 0 saturated heterocycles. The Balaban J connectivity index is 3.10. The smallest absolute Gasteiger partial charge is 0.307 e. The number of rotatable bonds is 2. The highest BCUT2D eigenvalue weighted by Gasteiger charge is 2.06. The van der Waals surface area contributed by atoms with Crippen LogP contribution in [0.15, 0.2) is 18.2 Å². The predicted octanol–water partition coefficient (Wildman–Crippen LogP) is 1.84. The van der Waals surface area contributed by atoms with Crippen molar-refractivity contribution >= 4 is 17.6 Å². The monoisotopic (exact) mass is 195 g/mol. The van der Waals surface area contributed by atoms with E-state index in [0.717, 1.165) is 0 Å². The molecule has 13 heavy (non-hydrogen) atoms. The van der Waals surface area contributed by atoms with Crippen molar-refractivity contribution in [3.8, 4) is 6.07 Å². The SMILES string of the molecule is N#Cc1ccc(Cl)cc1CC(=O)O. The van der Waals surface area contributed by atoms with Gasteiger partial charge in [0.05, 0.1) is 18.1 Å². The quantitative estimate of drug-likeness (QED) is 0.783. The Morgan fingerprint density at radius 1 is 1.62 bits per heavy atom. The number of benzene rings is 1. The summed E-state index contributed by atoms with van der Waals surface area (Å²) in [7, 11) is 0. The molecule has 0 spiro atoms. The van der Waals surface area contributed by atoms with Gasteiger partial charge in [0.25, 0.3) is 0 Å². The van der Waals surface area contributed by atoms with E-state index in [1.807, 2.05) is 6.07 Å². The van der Waals surface area contributed by atoms with Gasteiger partial charge in [0.1, 0.15) is 0 Å². The fraction of sp³-hybridized carbons (Fsp3) is 0.111. The molecule has 1 N–H and O–H groups in total. The van der Waals surface area contributed by atoms with Crippen molar-refractivity contribution in [2.24, 2.45) is 0 Å². The van der Waals surface area contributed by atoms with Gasteiger partial charge in [0.15, 0.2) is 0 Å². The van der Waals surface area contributed by atoms with E-state index in [2.05, 4.69) is 0 Å². The van der Waals surface area contributed by atoms with E-state index in [4.69, 9.17) is 22.0 Å². The lowest BCUT2D eigenvalue weighted by Gasteiger charge is -2.00. The van der Waals surface area contributed by atoms with Crippen LogP contribution in [0.5, 0.6) is 0 Å². The zero-order valence-corrected chi connectivity index (χ0v) is 7.38. The third-order valence-electron chi connectivity index (χ3n) is 1.53. The van der Waals surface area contributed by atoms with E-state index in [9.17, 15) is 4.79 Å². The fourth-order valence-corrected chi connectivity index (χ4v) is 1.18. The molecule has 0 aliphatic carbocycles. The van der Waals surface area contributed by atoms with Crippen molar-refractivity contribution < 1.29 is 9.90 Å². The van der Waals surface area contributed by atoms with Crippen LogP contribution in [-0.4, -0.2) is 11.1 Å². The van der Waals surface area contributed by atoms with Gasteiger partial charge < -0.3 is 5.11 Å². The Hall–Kier alpha value is -1.53. The number of nitrogens with zero attached hydrogens (tertiary/aromatic N) is 1. The molecule has 0 atom stereocenters. The summed E-state index contributed by atoms with van der Waals surface area (Å²) < 4.78 is 0. The molecule has 4 heteroatoms. The Morgan fingerprint density at radius 3 is 2.85 bits per heavy atom. The van der Waals surface area contributed by atoms with E-state index in [-0.39, 0.29) is 6.42 Å². The summed E-state index contributed by atoms with van der Waals surface area (Å²) in [5.74, 6) is -0.973. The molecule has 0 radical (unpaired) electrons. The summed E-state index contributed by atoms with van der Waals surface area (Å²) in [4.78, 5) is 10.4. The maximum absolute atomic E-state index is 10.4. The second-order valence-electron chi connectivity index (χ2n) is 2.48. The maximum atomic E-state index is 10.4. The van der Waals surface area contributed by atoms with Gasteiger partial charge in [-0.1, -0.05) is 11.6 Å². The molecule has 0 amide bonds. The molecule has 1 rings (SSSR count). The molecule has 0 aliphatic rings. The van der Waals surface area contributed by atoms with Crippen LogP contribution >= 0.6 is 11.6 Å². The summed E-state index contributed by atoms with van der Waals surface area (Å²) >= 11 is 5.65. The number of halogens is 1. The lowest BCUT2D eigenvalue weighted by Crippen LogP contribution is -2.02. The molecule has 0 fully saturated rings. The number of carboxylic acids is 1. The summed E-state index contributed by atoms with van der Waals surface area (Å²) in [6.45, 7) is 0. The number of nitriles is 1. The Kier molecular flexibility index (Phi) is 2.88. The van der Waals surface area contributed by atoms with Gasteiger partial charge in [-0.05, 0) is 23.8 Å². The van der Waals surface area contributed by atoms with Crippen LogP contribution in [0.25, 0.3) is 0 Å². The molecule has 0 saturated carbocycles. The largest absolute Gasteiger partial charge is 0.481 e. The topological polar surface area (TPSA) is 61.1 Å². The normalized spacial score (nSPS) is 9.23. The molecule has 1 aromatic carbocycles. The van der Waals surface area contributed by atoms with E-state index < -0.39 is 5.97 Å². The van der Waals surface area contributed by atoms with Gasteiger partial charge in [-0.2, -0.15) is 5.26 Å². The molecule has 1 aromatic rings. The zero-order valence-electron chi connectivity index (χ0n) is 6.62. The summed E-state index contributed by atoms with van der Waals surface area (Å²) in [5, 5.41) is 17.6. The van der Waals surface area contributed by atoms with Crippen LogP contribution in [0.1, 0.15) is 11.1 Å². The van der Waals surface area contributed by atoms with Crippen molar-refractivity contribution in [3.05, 3.63) is 34.3 Å². The minimum absolute atomic E-state index is 0.177. The highest BCUT2D eigenvalue weighted by molar-refractivity contribution is 6.30. The lowest BCUT2D eigenvalue weighted by molar-refractivity contribution is -0.136. The van der Waals surface area contributed by atoms with Gasteiger partial charge in [0.2, 0.25) is 0 Å². The van der Waals surface area contributed by atoms with Crippen LogP contribution in [0.2, 0.25) is 5.02 Å². The molecule has 0 heterocycles. The number of carbonyl (C=O) groups is 1. The molecular formula is C9H6ClNO2. The maximum Gasteiger partial charge on any atom is 0.307 e. The van der Waals surface area contributed by atoms with E-state index in [1.54, 1.807) is 6.07 Å². The number of hydrogen-bond donors (Lipinski definition) is 1. The minimum Gasteiger partial charge on any atom is -0.481 e. The molecule has 3 nitrogen and oxygen atoms in total. The van der Waals surface area contributed by atoms with Gasteiger partial charge in [-0.15, -0.1) is 0 Å². The first kappa shape index (κ1) is 9.56. The molecular weight excluding hydrogens is 190 g/mol. The standard InChI is InChI=1S/C9H6ClNO2/c10-8-2-1-6(5-11)7(3-8)4-9(12)13/h1-3H,4H2,(H,12,13). The molecule has 0 aliphatic heterocycles. The van der Waals surface area contributed by atoms with Crippen LogP contribution in [0.4, 0.5) is 0 Å². The van der Waals surface area contributed by atoms with Crippen molar-refractivity contribution in [1.29, 1.82) is 5.26 Å². The molecule has 66 valence electrons. The van der Waals surface area contributed by atoms with E-state index >= 15 is 0 Å². The van der Waals surface area contributed by atoms with E-state index in [0.29, 0.717) is 16.1 Å². The van der Waals surface area contributed by atoms with E-state index in [1.165, 1.54) is 12.1 Å². The van der Waals surface area contributed by atoms with Crippen LogP contribution in [0.3, 0.4) is 0 Å². The fourth-order valence-electron chi connectivity index (χ4n) is 0.981. The number of aliphatic carboxylic acids is 1. The van der Waals surface area contributed by atoms with Crippen LogP contribution < -0.4 is 0 Å². The van der Waals surface area contributed by atoms with Crippen molar-refractivity contribution in [1.82, 2.24) is 0 Å². The Labute approximate surface area is 80.2 Å². The van der Waals surface area contributed by atoms with Gasteiger partial charge in [0, 0.05) is 5.02 Å². The van der Waals surface area contributed by atoms with Gasteiger partial charge in [-0.3, -0.25) is 4.79 Å². The first-order valence-corrected chi connectivity index (χ1v) is 3.91. The Bertz CT molecular complexity index is 382. The second kappa shape index (κ2) is 3.92. The second-order valence-corrected chi connectivity index (χ2v) is 2.92. The summed E-state index contributed by atoms with van der Waals surface area (Å²) in [5.41, 5.74) is 0.800. The first-order chi connectivity index (χ1) is 6.13. The zero-order chi connectivity index (χ0) is 9.84. The highest BCUT2D eigenvalue weighted by Crippen LogP contribution is 2.15. The predicted molar refractivity (Wildman–Crippen MR) is 47.5 cm³/mol. The third kappa shape index (κ3) is 2.46. The summed E-state index contributed by atoms with van der Waals surface area (Å²) in [6, 6.07) is 6.48. The molecule has 0 unspecified atom stereocenters. The van der Waals surface area contributed by atoms with Crippen molar-refractivity contribution in [2.45, 2.75) is 6.42 Å². The highest BCUT2D eigenvalue weighted by atomic mass is 35.5. The number of hydrogen-bond acceptors (Lipinski definition) is 2. The lowest BCUT2D eigenvalue weighted by atomic mass is 10.1. The average Bonchev–Trinajstić information content (AvgIpc) is 2.03. The molecule has 0 bridgehead atoms. The van der Waals surface area contributed by atoms with Gasteiger partial charge >= 0.3 is 5.97 Å². The van der Waals surface area contributed by atoms with Crippen LogP contribution in [-0.2, 0) is 11.2 Å².